The van der Waals surface area contributed by atoms with Crippen LogP contribution in [0.4, 0.5) is 0 Å². The molecule has 0 bridgehead atoms. The highest BCUT2D eigenvalue weighted by atomic mass is 16.5. The summed E-state index contributed by atoms with van der Waals surface area (Å²) in [5, 5.41) is 0. The molecule has 2 nitrogen and oxygen atoms in total. The zero-order valence-electron chi connectivity index (χ0n) is 6.67. The van der Waals surface area contributed by atoms with Gasteiger partial charge in [0.15, 0.2) is 0 Å². The van der Waals surface area contributed by atoms with Crippen molar-refractivity contribution in [3.63, 3.8) is 0 Å². The lowest BCUT2D eigenvalue weighted by molar-refractivity contribution is -0.110. The minimum atomic E-state index is -0.0724. The van der Waals surface area contributed by atoms with Crippen molar-refractivity contribution in [2.75, 3.05) is 6.61 Å². The fraction of sp³-hybridized carbons (Fsp3) is 0.750. The molecule has 1 radical (unpaired) electrons. The molecule has 2 heteroatoms. The summed E-state index contributed by atoms with van der Waals surface area (Å²) in [6, 6.07) is 0. The van der Waals surface area contributed by atoms with Gasteiger partial charge in [0, 0.05) is 12.5 Å². The molecule has 0 aromatic heterocycles. The molecule has 0 aliphatic carbocycles. The molecular formula is C8H15O2. The number of aldehydes is 1. The number of carbonyl (C=O) groups is 1. The molecule has 10 heavy (non-hydrogen) atoms. The van der Waals surface area contributed by atoms with E-state index in [1.54, 1.807) is 13.5 Å². The van der Waals surface area contributed by atoms with E-state index in [0.29, 0.717) is 0 Å². The lowest BCUT2D eigenvalue weighted by atomic mass is 10.2. The Morgan fingerprint density at radius 2 is 2.30 bits per heavy atom. The average molecular weight is 143 g/mol. The van der Waals surface area contributed by atoms with Gasteiger partial charge in [0.2, 0.25) is 0 Å². The third kappa shape index (κ3) is 5.76. The predicted octanol–water partition coefficient (Wildman–Crippen LogP) is 1.80. The molecule has 1 unspecified atom stereocenters. The molecule has 0 saturated heterocycles. The van der Waals surface area contributed by atoms with Gasteiger partial charge >= 0.3 is 0 Å². The van der Waals surface area contributed by atoms with Gasteiger partial charge in [-0.15, -0.1) is 0 Å². The maximum absolute atomic E-state index is 10.1. The largest absolute Gasteiger partial charge is 0.375 e. The normalized spacial score (nSPS) is 13.0. The summed E-state index contributed by atoms with van der Waals surface area (Å²) in [6.45, 7) is 6.22. The second-order valence-corrected chi connectivity index (χ2v) is 2.36. The van der Waals surface area contributed by atoms with Gasteiger partial charge in [-0.25, -0.2) is 0 Å². The number of ether oxygens (including phenoxy) is 1. The van der Waals surface area contributed by atoms with E-state index in [2.05, 4.69) is 6.92 Å². The summed E-state index contributed by atoms with van der Waals surface area (Å²) in [6.07, 6.45) is 3.05. The van der Waals surface area contributed by atoms with E-state index < -0.39 is 0 Å². The number of hydrogen-bond donors (Lipinski definition) is 0. The van der Waals surface area contributed by atoms with Crippen molar-refractivity contribution in [2.24, 2.45) is 5.92 Å². The molecule has 0 amide bonds. The van der Waals surface area contributed by atoms with Crippen molar-refractivity contribution < 1.29 is 9.53 Å². The summed E-state index contributed by atoms with van der Waals surface area (Å²) in [5.74, 6) is -0.0724. The minimum absolute atomic E-state index is 0.0724. The lowest BCUT2D eigenvalue weighted by Gasteiger charge is -2.02. The average Bonchev–Trinajstić information content (AvgIpc) is 1.98. The van der Waals surface area contributed by atoms with Crippen LogP contribution in [0.1, 0.15) is 26.7 Å². The van der Waals surface area contributed by atoms with Crippen LogP contribution in [0, 0.1) is 12.5 Å². The SMILES string of the molecule is CCCCO[CH]C(C)C=O. The highest BCUT2D eigenvalue weighted by molar-refractivity contribution is 5.54. The quantitative estimate of drug-likeness (QED) is 0.418. The highest BCUT2D eigenvalue weighted by Gasteiger charge is 1.98. The van der Waals surface area contributed by atoms with Crippen LogP contribution >= 0.6 is 0 Å². The van der Waals surface area contributed by atoms with Crippen LogP contribution < -0.4 is 0 Å². The molecule has 0 aliphatic rings. The summed E-state index contributed by atoms with van der Waals surface area (Å²) in [4.78, 5) is 10.1. The first kappa shape index (κ1) is 9.63. The lowest BCUT2D eigenvalue weighted by Crippen LogP contribution is -2.01. The van der Waals surface area contributed by atoms with Crippen molar-refractivity contribution in [1.82, 2.24) is 0 Å². The van der Waals surface area contributed by atoms with E-state index in [0.717, 1.165) is 25.7 Å². The number of hydrogen-bond acceptors (Lipinski definition) is 2. The Morgan fingerprint density at radius 3 is 2.80 bits per heavy atom. The van der Waals surface area contributed by atoms with Gasteiger partial charge in [0.05, 0.1) is 6.61 Å². The molecule has 0 aliphatic heterocycles. The zero-order chi connectivity index (χ0) is 7.82. The summed E-state index contributed by atoms with van der Waals surface area (Å²) in [5.41, 5.74) is 0. The van der Waals surface area contributed by atoms with Crippen LogP contribution in [0.5, 0.6) is 0 Å². The van der Waals surface area contributed by atoms with Gasteiger partial charge in [-0.3, -0.25) is 0 Å². The Hall–Kier alpha value is -0.370. The maximum atomic E-state index is 10.1. The van der Waals surface area contributed by atoms with Crippen LogP contribution in [-0.4, -0.2) is 12.9 Å². The van der Waals surface area contributed by atoms with Gasteiger partial charge in [0.25, 0.3) is 0 Å². The molecule has 0 heterocycles. The Bertz CT molecular complexity index is 81.3. The molecule has 0 saturated carbocycles. The molecule has 0 fully saturated rings. The van der Waals surface area contributed by atoms with Crippen molar-refractivity contribution in [2.45, 2.75) is 26.7 Å². The summed E-state index contributed by atoms with van der Waals surface area (Å²) in [7, 11) is 0. The molecular weight excluding hydrogens is 128 g/mol. The second-order valence-electron chi connectivity index (χ2n) is 2.36. The molecule has 59 valence electrons. The van der Waals surface area contributed by atoms with Gasteiger partial charge in [-0.1, -0.05) is 20.3 Å². The van der Waals surface area contributed by atoms with Gasteiger partial charge in [-0.05, 0) is 6.42 Å². The fourth-order valence-corrected chi connectivity index (χ4v) is 0.480. The summed E-state index contributed by atoms with van der Waals surface area (Å²) >= 11 is 0. The van der Waals surface area contributed by atoms with Crippen molar-refractivity contribution in [3.05, 3.63) is 6.61 Å². The third-order valence-electron chi connectivity index (χ3n) is 1.14. The van der Waals surface area contributed by atoms with Crippen LogP contribution in [0.2, 0.25) is 0 Å². The monoisotopic (exact) mass is 143 g/mol. The van der Waals surface area contributed by atoms with E-state index in [4.69, 9.17) is 4.74 Å². The Morgan fingerprint density at radius 1 is 1.60 bits per heavy atom. The number of unbranched alkanes of at least 4 members (excludes halogenated alkanes) is 1. The second kappa shape index (κ2) is 6.75. The molecule has 0 rings (SSSR count). The Labute approximate surface area is 62.6 Å². The van der Waals surface area contributed by atoms with E-state index in [9.17, 15) is 4.79 Å². The van der Waals surface area contributed by atoms with Crippen molar-refractivity contribution in [1.29, 1.82) is 0 Å². The van der Waals surface area contributed by atoms with Crippen LogP contribution in [0.3, 0.4) is 0 Å². The summed E-state index contributed by atoms with van der Waals surface area (Å²) < 4.78 is 5.07. The number of rotatable bonds is 6. The fourth-order valence-electron chi connectivity index (χ4n) is 0.480. The van der Waals surface area contributed by atoms with E-state index >= 15 is 0 Å². The van der Waals surface area contributed by atoms with E-state index in [-0.39, 0.29) is 5.92 Å². The van der Waals surface area contributed by atoms with Gasteiger partial charge in [0.1, 0.15) is 6.29 Å². The van der Waals surface area contributed by atoms with Gasteiger partial charge in [-0.2, -0.15) is 0 Å². The third-order valence-corrected chi connectivity index (χ3v) is 1.14. The van der Waals surface area contributed by atoms with E-state index in [1.165, 1.54) is 0 Å². The molecule has 0 aromatic carbocycles. The van der Waals surface area contributed by atoms with Crippen LogP contribution in [0.25, 0.3) is 0 Å². The number of carbonyl (C=O) groups excluding carboxylic acids is 1. The van der Waals surface area contributed by atoms with E-state index in [1.807, 2.05) is 0 Å². The molecule has 0 N–H and O–H groups in total. The van der Waals surface area contributed by atoms with Crippen molar-refractivity contribution >= 4 is 6.29 Å². The first-order valence-corrected chi connectivity index (χ1v) is 3.71. The van der Waals surface area contributed by atoms with Crippen LogP contribution in [-0.2, 0) is 9.53 Å². The minimum Gasteiger partial charge on any atom is -0.375 e. The first-order valence-electron chi connectivity index (χ1n) is 3.71. The predicted molar refractivity (Wildman–Crippen MR) is 40.4 cm³/mol. The van der Waals surface area contributed by atoms with Crippen LogP contribution in [0.15, 0.2) is 0 Å². The zero-order valence-corrected chi connectivity index (χ0v) is 6.67. The molecule has 0 aromatic rings. The molecule has 0 spiro atoms. The maximum Gasteiger partial charge on any atom is 0.125 e. The topological polar surface area (TPSA) is 26.3 Å². The van der Waals surface area contributed by atoms with Crippen molar-refractivity contribution in [3.8, 4) is 0 Å². The highest BCUT2D eigenvalue weighted by Crippen LogP contribution is 1.98. The van der Waals surface area contributed by atoms with Gasteiger partial charge < -0.3 is 9.53 Å². The Balaban J connectivity index is 2.95. The smallest absolute Gasteiger partial charge is 0.125 e. The molecule has 1 atom stereocenters. The standard InChI is InChI=1S/C8H15O2/c1-3-4-5-10-7-8(2)6-9/h6-8H,3-5H2,1-2H3. The first-order chi connectivity index (χ1) is 4.81. The Kier molecular flexibility index (Phi) is 6.50.